The van der Waals surface area contributed by atoms with Crippen molar-refractivity contribution in [2.45, 2.75) is 0 Å². The highest BCUT2D eigenvalue weighted by molar-refractivity contribution is 6.29. The summed E-state index contributed by atoms with van der Waals surface area (Å²) in [4.78, 5) is 0. The van der Waals surface area contributed by atoms with E-state index >= 15 is 0 Å². The monoisotopic (exact) mass is 699 g/mol. The van der Waals surface area contributed by atoms with Crippen molar-refractivity contribution in [1.82, 2.24) is 13.7 Å². The van der Waals surface area contributed by atoms with Gasteiger partial charge in [0, 0.05) is 49.3 Å². The van der Waals surface area contributed by atoms with Crippen LogP contribution in [0.3, 0.4) is 0 Å². The molecule has 9 aromatic carbocycles. The van der Waals surface area contributed by atoms with Gasteiger partial charge in [-0.1, -0.05) is 127 Å². The van der Waals surface area contributed by atoms with E-state index in [2.05, 4.69) is 214 Å². The molecule has 3 aromatic heterocycles. The second kappa shape index (κ2) is 11.6. The molecule has 0 aliphatic carbocycles. The lowest BCUT2D eigenvalue weighted by molar-refractivity contribution is 1.17. The lowest BCUT2D eigenvalue weighted by Gasteiger charge is -2.15. The highest BCUT2D eigenvalue weighted by atomic mass is 15.0. The van der Waals surface area contributed by atoms with Crippen molar-refractivity contribution in [3.8, 4) is 28.2 Å². The molecule has 256 valence electrons. The Morgan fingerprint density at radius 3 is 1.56 bits per heavy atom. The number of aromatic nitrogens is 3. The highest BCUT2D eigenvalue weighted by Gasteiger charge is 2.22. The summed E-state index contributed by atoms with van der Waals surface area (Å²) in [7, 11) is 0. The Hall–Kier alpha value is -7.36. The zero-order valence-electron chi connectivity index (χ0n) is 29.9. The molecule has 3 heteroatoms. The third-order valence-electron chi connectivity index (χ3n) is 11.6. The molecular weight excluding hydrogens is 667 g/mol. The van der Waals surface area contributed by atoms with Gasteiger partial charge in [0.2, 0.25) is 0 Å². The summed E-state index contributed by atoms with van der Waals surface area (Å²) in [5.74, 6) is 0. The van der Waals surface area contributed by atoms with Crippen LogP contribution in [0.25, 0.3) is 104 Å². The van der Waals surface area contributed by atoms with Crippen molar-refractivity contribution in [2.24, 2.45) is 0 Å². The number of para-hydroxylation sites is 5. The molecule has 0 spiro atoms. The summed E-state index contributed by atoms with van der Waals surface area (Å²) in [6.45, 7) is 0. The van der Waals surface area contributed by atoms with Crippen LogP contribution in [0.15, 0.2) is 200 Å². The Morgan fingerprint density at radius 2 is 0.800 bits per heavy atom. The minimum atomic E-state index is 1.16. The molecule has 3 nitrogen and oxygen atoms in total. The van der Waals surface area contributed by atoms with E-state index in [0.717, 1.165) is 5.69 Å². The molecule has 0 saturated heterocycles. The van der Waals surface area contributed by atoms with Gasteiger partial charge in [0.25, 0.3) is 0 Å². The Kier molecular flexibility index (Phi) is 6.34. The largest absolute Gasteiger partial charge is 0.309 e. The van der Waals surface area contributed by atoms with Crippen molar-refractivity contribution in [2.75, 3.05) is 0 Å². The molecule has 3 heterocycles. The van der Waals surface area contributed by atoms with Crippen LogP contribution in [0, 0.1) is 0 Å². The molecule has 55 heavy (non-hydrogen) atoms. The van der Waals surface area contributed by atoms with E-state index in [1.54, 1.807) is 0 Å². The van der Waals surface area contributed by atoms with Crippen molar-refractivity contribution >= 4 is 76.2 Å². The van der Waals surface area contributed by atoms with Crippen LogP contribution in [-0.4, -0.2) is 13.7 Å². The lowest BCUT2D eigenvalue weighted by atomic mass is 10.0. The van der Waals surface area contributed by atoms with Gasteiger partial charge in [-0.15, -0.1) is 0 Å². The van der Waals surface area contributed by atoms with E-state index in [1.807, 2.05) is 0 Å². The van der Waals surface area contributed by atoms with Crippen LogP contribution in [0.1, 0.15) is 0 Å². The molecule has 0 radical (unpaired) electrons. The van der Waals surface area contributed by atoms with Crippen molar-refractivity contribution < 1.29 is 0 Å². The molecule has 0 atom stereocenters. The Labute approximate surface area is 317 Å². The first kappa shape index (κ1) is 30.1. The van der Waals surface area contributed by atoms with E-state index in [1.165, 1.54) is 98.7 Å². The van der Waals surface area contributed by atoms with Crippen molar-refractivity contribution in [3.05, 3.63) is 200 Å². The molecule has 0 amide bonds. The van der Waals surface area contributed by atoms with E-state index < -0.39 is 0 Å². The van der Waals surface area contributed by atoms with Gasteiger partial charge in [0.05, 0.1) is 38.8 Å². The quantitative estimate of drug-likeness (QED) is 0.174. The van der Waals surface area contributed by atoms with Crippen LogP contribution >= 0.6 is 0 Å². The summed E-state index contributed by atoms with van der Waals surface area (Å²) >= 11 is 0. The summed E-state index contributed by atoms with van der Waals surface area (Å²) in [6.07, 6.45) is 0. The number of hydrogen-bond donors (Lipinski definition) is 0. The van der Waals surface area contributed by atoms with Gasteiger partial charge in [-0.25, -0.2) is 0 Å². The fourth-order valence-corrected chi connectivity index (χ4v) is 9.28. The number of hydrogen-bond acceptors (Lipinski definition) is 0. The van der Waals surface area contributed by atoms with Gasteiger partial charge in [0.1, 0.15) is 0 Å². The van der Waals surface area contributed by atoms with Gasteiger partial charge >= 0.3 is 0 Å². The number of fused-ring (bicyclic) bond motifs is 11. The summed E-state index contributed by atoms with van der Waals surface area (Å²) in [5.41, 5.74) is 13.1. The fourth-order valence-electron chi connectivity index (χ4n) is 9.28. The van der Waals surface area contributed by atoms with Crippen LogP contribution < -0.4 is 0 Å². The predicted molar refractivity (Wildman–Crippen MR) is 232 cm³/mol. The van der Waals surface area contributed by atoms with Gasteiger partial charge in [-0.2, -0.15) is 0 Å². The standard InChI is InChI=1S/C52H33N3/c1-2-16-37(17-3-1)53-46-24-12-8-20-41(46)51-49(53)30-31-50-52(51)42-21-9-13-25-47(42)55(50)44-22-10-6-18-39(44)36-27-29-48-43(33-36)40-19-7-11-23-45(40)54(48)38-28-26-34-14-4-5-15-35(34)32-38/h1-33H. The molecule has 12 rings (SSSR count). The topological polar surface area (TPSA) is 14.8 Å². The molecule has 0 aliphatic heterocycles. The van der Waals surface area contributed by atoms with E-state index in [0.29, 0.717) is 0 Å². The number of nitrogens with zero attached hydrogens (tertiary/aromatic N) is 3. The van der Waals surface area contributed by atoms with Gasteiger partial charge in [-0.3, -0.25) is 0 Å². The average Bonchev–Trinajstić information content (AvgIpc) is 3.89. The van der Waals surface area contributed by atoms with Crippen LogP contribution in [0.2, 0.25) is 0 Å². The molecule has 0 bridgehead atoms. The van der Waals surface area contributed by atoms with Crippen molar-refractivity contribution in [3.63, 3.8) is 0 Å². The van der Waals surface area contributed by atoms with Crippen LogP contribution in [0.5, 0.6) is 0 Å². The average molecular weight is 700 g/mol. The zero-order chi connectivity index (χ0) is 36.0. The maximum atomic E-state index is 2.48. The first-order valence-electron chi connectivity index (χ1n) is 18.9. The molecule has 0 saturated carbocycles. The summed E-state index contributed by atoms with van der Waals surface area (Å²) < 4.78 is 7.31. The van der Waals surface area contributed by atoms with Crippen LogP contribution in [0.4, 0.5) is 0 Å². The number of rotatable bonds is 4. The minimum absolute atomic E-state index is 1.16. The Balaban J connectivity index is 1.11. The van der Waals surface area contributed by atoms with Gasteiger partial charge in [-0.05, 0) is 89.1 Å². The maximum Gasteiger partial charge on any atom is 0.0549 e. The molecular formula is C52H33N3. The van der Waals surface area contributed by atoms with E-state index in [4.69, 9.17) is 0 Å². The fraction of sp³-hybridized carbons (Fsp3) is 0. The molecule has 0 N–H and O–H groups in total. The number of benzene rings is 9. The first-order chi connectivity index (χ1) is 27.3. The SMILES string of the molecule is c1ccc(-n2c3ccccc3c3c4c5ccccc5n(-c5ccccc5-c5ccc6c(c5)c5ccccc5n6-c5ccc6ccccc6c5)c4ccc32)cc1. The van der Waals surface area contributed by atoms with E-state index in [-0.39, 0.29) is 0 Å². The van der Waals surface area contributed by atoms with Crippen molar-refractivity contribution in [1.29, 1.82) is 0 Å². The first-order valence-corrected chi connectivity index (χ1v) is 18.9. The normalized spacial score (nSPS) is 12.0. The van der Waals surface area contributed by atoms with Gasteiger partial charge in [0.15, 0.2) is 0 Å². The Morgan fingerprint density at radius 1 is 0.273 bits per heavy atom. The third-order valence-corrected chi connectivity index (χ3v) is 11.6. The zero-order valence-corrected chi connectivity index (χ0v) is 29.9. The summed E-state index contributed by atoms with van der Waals surface area (Å²) in [6, 6.07) is 73.2. The van der Waals surface area contributed by atoms with Gasteiger partial charge < -0.3 is 13.7 Å². The highest BCUT2D eigenvalue weighted by Crippen LogP contribution is 2.44. The third kappa shape index (κ3) is 4.32. The van der Waals surface area contributed by atoms with E-state index in [9.17, 15) is 0 Å². The predicted octanol–water partition coefficient (Wildman–Crippen LogP) is 13.8. The molecule has 0 aliphatic rings. The van der Waals surface area contributed by atoms with Crippen LogP contribution in [-0.2, 0) is 0 Å². The molecule has 0 fully saturated rings. The second-order valence-electron chi connectivity index (χ2n) is 14.5. The smallest absolute Gasteiger partial charge is 0.0549 e. The Bertz CT molecular complexity index is 3490. The molecule has 12 aromatic rings. The minimum Gasteiger partial charge on any atom is -0.309 e. The maximum absolute atomic E-state index is 2.48. The summed E-state index contributed by atoms with van der Waals surface area (Å²) in [5, 5.41) is 10.1. The lowest BCUT2D eigenvalue weighted by Crippen LogP contribution is -1.97. The second-order valence-corrected chi connectivity index (χ2v) is 14.5. The molecule has 0 unspecified atom stereocenters.